The number of H-pyrrole nitrogens is 1. The van der Waals surface area contributed by atoms with Gasteiger partial charge in [-0.3, -0.25) is 5.10 Å². The Morgan fingerprint density at radius 3 is 2.26 bits per heavy atom. The molecule has 0 saturated carbocycles. The Morgan fingerprint density at radius 2 is 1.56 bits per heavy atom. The number of benzene rings is 3. The molecule has 258 valence electrons. The molecule has 2 saturated heterocycles. The van der Waals surface area contributed by atoms with Crippen LogP contribution in [0.3, 0.4) is 0 Å². The van der Waals surface area contributed by atoms with Crippen molar-refractivity contribution in [2.45, 2.75) is 44.7 Å². The van der Waals surface area contributed by atoms with Crippen LogP contribution in [0.2, 0.25) is 0 Å². The van der Waals surface area contributed by atoms with Crippen molar-refractivity contribution in [3.05, 3.63) is 108 Å². The van der Waals surface area contributed by atoms with Gasteiger partial charge in [0.05, 0.1) is 36.2 Å². The fourth-order valence-corrected chi connectivity index (χ4v) is 6.65. The number of rotatable bonds is 11. The number of hydrogen-bond donors (Lipinski definition) is 1. The fourth-order valence-electron chi connectivity index (χ4n) is 6.65. The maximum Gasteiger partial charge on any atom is 0.350 e. The fraction of sp³-hybridized carbons (Fsp3) is 0.361. The maximum atomic E-state index is 12.8. The molecule has 8 rings (SSSR count). The Bertz CT molecular complexity index is 2080. The zero-order valence-corrected chi connectivity index (χ0v) is 28.1. The normalized spacial score (nSPS) is 20.1. The molecule has 6 aromatic rings. The largest absolute Gasteiger partial charge is 0.491 e. The summed E-state index contributed by atoms with van der Waals surface area (Å²) in [6, 6.07) is 24.3. The number of para-hydroxylation sites is 1. The van der Waals surface area contributed by atoms with E-state index < -0.39 is 5.79 Å². The Balaban J connectivity index is 0.859. The molecule has 2 fully saturated rings. The lowest BCUT2D eigenvalue weighted by molar-refractivity contribution is -0.194. The van der Waals surface area contributed by atoms with E-state index in [4.69, 9.17) is 14.2 Å². The molecule has 0 amide bonds. The van der Waals surface area contributed by atoms with E-state index in [9.17, 15) is 4.79 Å². The van der Waals surface area contributed by atoms with Crippen LogP contribution in [0.15, 0.2) is 96.3 Å². The van der Waals surface area contributed by atoms with Gasteiger partial charge in [0, 0.05) is 42.9 Å². The van der Waals surface area contributed by atoms with Crippen molar-refractivity contribution in [3.63, 3.8) is 0 Å². The van der Waals surface area contributed by atoms with Gasteiger partial charge in [-0.1, -0.05) is 25.1 Å². The molecule has 3 aromatic carbocycles. The van der Waals surface area contributed by atoms with Gasteiger partial charge in [0.15, 0.2) is 0 Å². The van der Waals surface area contributed by atoms with Crippen molar-refractivity contribution < 1.29 is 14.2 Å². The van der Waals surface area contributed by atoms with Crippen LogP contribution in [0.4, 0.5) is 11.4 Å². The van der Waals surface area contributed by atoms with E-state index >= 15 is 0 Å². The van der Waals surface area contributed by atoms with E-state index in [2.05, 4.69) is 66.5 Å². The van der Waals surface area contributed by atoms with E-state index in [1.165, 1.54) is 0 Å². The van der Waals surface area contributed by atoms with Crippen molar-refractivity contribution in [2.24, 2.45) is 0 Å². The summed E-state index contributed by atoms with van der Waals surface area (Å²) in [5.41, 5.74) is 4.57. The predicted molar refractivity (Wildman–Crippen MR) is 188 cm³/mol. The summed E-state index contributed by atoms with van der Waals surface area (Å²) in [6.07, 6.45) is 5.40. The van der Waals surface area contributed by atoms with E-state index in [1.54, 1.807) is 32.8 Å². The van der Waals surface area contributed by atoms with Crippen molar-refractivity contribution >= 4 is 22.3 Å². The first-order chi connectivity index (χ1) is 24.5. The molecule has 0 aliphatic carbocycles. The van der Waals surface area contributed by atoms with Gasteiger partial charge < -0.3 is 24.0 Å². The average Bonchev–Trinajstić information content (AvgIpc) is 3.99. The lowest BCUT2D eigenvalue weighted by Crippen LogP contribution is -2.46. The van der Waals surface area contributed by atoms with Gasteiger partial charge in [-0.25, -0.2) is 14.0 Å². The van der Waals surface area contributed by atoms with Gasteiger partial charge in [-0.2, -0.15) is 25.2 Å². The van der Waals surface area contributed by atoms with Crippen molar-refractivity contribution in [1.29, 1.82) is 0 Å². The number of aromatic amines is 1. The van der Waals surface area contributed by atoms with E-state index in [1.807, 2.05) is 55.5 Å². The molecule has 3 atom stereocenters. The van der Waals surface area contributed by atoms with E-state index in [0.29, 0.717) is 18.9 Å². The monoisotopic (exact) mass is 676 g/mol. The van der Waals surface area contributed by atoms with Crippen LogP contribution in [0.1, 0.15) is 32.0 Å². The van der Waals surface area contributed by atoms with Gasteiger partial charge in [-0.15, -0.1) is 0 Å². The van der Waals surface area contributed by atoms with E-state index in [-0.39, 0.29) is 24.4 Å². The third-order valence-corrected chi connectivity index (χ3v) is 9.62. The Hall–Kier alpha value is -5.47. The molecule has 5 heterocycles. The van der Waals surface area contributed by atoms with Crippen LogP contribution >= 0.6 is 0 Å². The summed E-state index contributed by atoms with van der Waals surface area (Å²) >= 11 is 0. The number of nitrogens with zero attached hydrogens (tertiary/aromatic N) is 9. The quantitative estimate of drug-likeness (QED) is 0.213. The highest BCUT2D eigenvalue weighted by molar-refractivity contribution is 5.81. The zero-order valence-electron chi connectivity index (χ0n) is 28.1. The zero-order chi connectivity index (χ0) is 34.1. The van der Waals surface area contributed by atoms with Crippen LogP contribution in [0.25, 0.3) is 16.6 Å². The smallest absolute Gasteiger partial charge is 0.350 e. The van der Waals surface area contributed by atoms with Crippen LogP contribution in [0, 0.1) is 0 Å². The standard InChI is InChI=1S/C36H40N10O4/c1-3-26(2)46-35(47)44(25-39-46)29-10-8-27(9-11-29)42-18-20-43(21-19-42)28-12-14-30(15-13-28)48-22-31-23-49-36(50-31,24-45-37-16-17-38-45)34-32-6-4-5-7-33(32)40-41-34/h4-17,25-26,31H,3,18-24H2,1-2H3,(H,40,41)/t26?,31?,36-/m1/s1. The van der Waals surface area contributed by atoms with Crippen molar-refractivity contribution in [3.8, 4) is 11.4 Å². The first-order valence-corrected chi connectivity index (χ1v) is 17.1. The van der Waals surface area contributed by atoms with Crippen molar-refractivity contribution in [1.82, 2.24) is 39.5 Å². The second kappa shape index (κ2) is 13.4. The summed E-state index contributed by atoms with van der Waals surface area (Å²) in [6.45, 7) is 8.55. The first-order valence-electron chi connectivity index (χ1n) is 17.1. The third kappa shape index (κ3) is 6.11. The first kappa shape index (κ1) is 31.8. The van der Waals surface area contributed by atoms with Gasteiger partial charge in [-0.05, 0) is 67.9 Å². The number of aromatic nitrogens is 8. The van der Waals surface area contributed by atoms with Crippen molar-refractivity contribution in [2.75, 3.05) is 49.2 Å². The van der Waals surface area contributed by atoms with Crippen LogP contribution in [-0.2, 0) is 21.8 Å². The molecule has 14 nitrogen and oxygen atoms in total. The third-order valence-electron chi connectivity index (χ3n) is 9.62. The highest BCUT2D eigenvalue weighted by Crippen LogP contribution is 2.38. The molecule has 2 aliphatic rings. The van der Waals surface area contributed by atoms with Crippen LogP contribution in [0.5, 0.6) is 5.75 Å². The molecular formula is C36H40N10O4. The number of nitrogens with one attached hydrogen (secondary N) is 1. The Labute approximate surface area is 288 Å². The van der Waals surface area contributed by atoms with E-state index in [0.717, 1.165) is 66.3 Å². The molecule has 2 unspecified atom stereocenters. The van der Waals surface area contributed by atoms with Crippen LogP contribution < -0.4 is 20.2 Å². The van der Waals surface area contributed by atoms with Gasteiger partial charge in [0.1, 0.15) is 37.0 Å². The minimum absolute atomic E-state index is 0.0674. The molecule has 0 bridgehead atoms. The van der Waals surface area contributed by atoms with Gasteiger partial charge in [0.25, 0.3) is 0 Å². The lowest BCUT2D eigenvalue weighted by Gasteiger charge is -2.37. The molecule has 0 radical (unpaired) electrons. The topological polar surface area (TPSA) is 133 Å². The number of fused-ring (bicyclic) bond motifs is 1. The number of anilines is 2. The second-order valence-corrected chi connectivity index (χ2v) is 12.8. The molecule has 14 heteroatoms. The molecule has 3 aromatic heterocycles. The van der Waals surface area contributed by atoms with Gasteiger partial charge >= 0.3 is 5.69 Å². The van der Waals surface area contributed by atoms with Gasteiger partial charge in [0.2, 0.25) is 5.79 Å². The summed E-state index contributed by atoms with van der Waals surface area (Å²) < 4.78 is 22.2. The summed E-state index contributed by atoms with van der Waals surface area (Å²) in [7, 11) is 0. The highest BCUT2D eigenvalue weighted by atomic mass is 16.8. The minimum atomic E-state index is -1.16. The maximum absolute atomic E-state index is 12.8. The molecule has 2 aliphatic heterocycles. The number of hydrogen-bond acceptors (Lipinski definition) is 10. The number of ether oxygens (including phenoxy) is 3. The Morgan fingerprint density at radius 1 is 0.900 bits per heavy atom. The Kier molecular flexibility index (Phi) is 8.54. The average molecular weight is 677 g/mol. The second-order valence-electron chi connectivity index (χ2n) is 12.8. The lowest BCUT2D eigenvalue weighted by atomic mass is 10.1. The SMILES string of the molecule is CCC(C)n1ncn(-c2ccc(N3CCN(c4ccc(OCC5CO[C@@](Cn6nccn6)(c6n[nH]c7ccccc67)O5)cc4)CC3)cc2)c1=O. The highest BCUT2D eigenvalue weighted by Gasteiger charge is 2.47. The molecular weight excluding hydrogens is 636 g/mol. The minimum Gasteiger partial charge on any atom is -0.491 e. The van der Waals surface area contributed by atoms with Crippen LogP contribution in [-0.4, -0.2) is 85.0 Å². The summed E-state index contributed by atoms with van der Waals surface area (Å²) in [4.78, 5) is 19.1. The molecule has 1 N–H and O–H groups in total. The molecule has 0 spiro atoms. The molecule has 50 heavy (non-hydrogen) atoms. The number of piperazine rings is 1. The predicted octanol–water partition coefficient (Wildman–Crippen LogP) is 4.15. The summed E-state index contributed by atoms with van der Waals surface area (Å²) in [5, 5.41) is 21.5. The summed E-state index contributed by atoms with van der Waals surface area (Å²) in [5.74, 6) is -0.390.